The highest BCUT2D eigenvalue weighted by Crippen LogP contribution is 2.31. The fourth-order valence-corrected chi connectivity index (χ4v) is 3.20. The van der Waals surface area contributed by atoms with Gasteiger partial charge in [-0.3, -0.25) is 9.59 Å². The minimum atomic E-state index is -0.331. The maximum Gasteiger partial charge on any atom is 0.261 e. The minimum absolute atomic E-state index is 0.0918. The van der Waals surface area contributed by atoms with E-state index in [2.05, 4.69) is 10.6 Å². The van der Waals surface area contributed by atoms with Crippen molar-refractivity contribution in [2.45, 2.75) is 19.9 Å². The van der Waals surface area contributed by atoms with Crippen LogP contribution in [0.15, 0.2) is 46.2 Å². The molecule has 1 aromatic carbocycles. The topological polar surface area (TPSA) is 80.6 Å². The second kappa shape index (κ2) is 8.05. The molecule has 1 atom stereocenters. The molecule has 2 amide bonds. The van der Waals surface area contributed by atoms with Crippen LogP contribution >= 0.6 is 11.3 Å². The van der Waals surface area contributed by atoms with E-state index in [0.717, 1.165) is 5.39 Å². The van der Waals surface area contributed by atoms with Gasteiger partial charge in [0.2, 0.25) is 5.91 Å². The predicted molar refractivity (Wildman–Crippen MR) is 101 cm³/mol. The number of ether oxygens (including phenoxy) is 1. The molecule has 0 saturated heterocycles. The van der Waals surface area contributed by atoms with Gasteiger partial charge in [-0.15, -0.1) is 11.3 Å². The van der Waals surface area contributed by atoms with E-state index in [-0.39, 0.29) is 24.4 Å². The van der Waals surface area contributed by atoms with Crippen LogP contribution in [0.25, 0.3) is 11.0 Å². The second-order valence-electron chi connectivity index (χ2n) is 5.71. The Morgan fingerprint density at radius 1 is 1.27 bits per heavy atom. The van der Waals surface area contributed by atoms with Crippen molar-refractivity contribution in [1.82, 2.24) is 10.6 Å². The van der Waals surface area contributed by atoms with Gasteiger partial charge in [0.05, 0.1) is 24.1 Å². The molecule has 1 unspecified atom stereocenters. The van der Waals surface area contributed by atoms with Crippen molar-refractivity contribution in [2.24, 2.45) is 0 Å². The molecule has 2 heterocycles. The molecule has 136 valence electrons. The number of fused-ring (bicyclic) bond motifs is 1. The van der Waals surface area contributed by atoms with E-state index >= 15 is 0 Å². The van der Waals surface area contributed by atoms with Crippen molar-refractivity contribution >= 4 is 34.1 Å². The third-order valence-corrected chi connectivity index (χ3v) is 4.65. The zero-order chi connectivity index (χ0) is 18.5. The molecule has 2 aromatic heterocycles. The lowest BCUT2D eigenvalue weighted by molar-refractivity contribution is -0.120. The second-order valence-corrected chi connectivity index (χ2v) is 6.65. The third kappa shape index (κ3) is 4.05. The summed E-state index contributed by atoms with van der Waals surface area (Å²) >= 11 is 1.33. The van der Waals surface area contributed by atoms with Crippen LogP contribution in [0.5, 0.6) is 5.75 Å². The lowest BCUT2D eigenvalue weighted by Gasteiger charge is -2.11. The highest BCUT2D eigenvalue weighted by molar-refractivity contribution is 7.12. The molecular formula is C19H20N2O4S. The number of nitrogens with one attached hydrogen (secondary N) is 2. The molecule has 3 rings (SSSR count). The van der Waals surface area contributed by atoms with E-state index in [1.807, 2.05) is 43.5 Å². The van der Waals surface area contributed by atoms with Crippen LogP contribution in [0, 0.1) is 0 Å². The van der Waals surface area contributed by atoms with Crippen LogP contribution in [-0.2, 0) is 4.79 Å². The van der Waals surface area contributed by atoms with E-state index in [0.29, 0.717) is 28.6 Å². The molecular weight excluding hydrogens is 352 g/mol. The number of amides is 2. The molecule has 0 saturated carbocycles. The van der Waals surface area contributed by atoms with Crippen molar-refractivity contribution in [3.05, 3.63) is 52.4 Å². The highest BCUT2D eigenvalue weighted by atomic mass is 32.1. The zero-order valence-corrected chi connectivity index (χ0v) is 15.4. The fourth-order valence-electron chi connectivity index (χ4n) is 2.56. The number of benzene rings is 1. The summed E-state index contributed by atoms with van der Waals surface area (Å²) in [6.07, 6.45) is 0. The van der Waals surface area contributed by atoms with Crippen molar-refractivity contribution in [1.29, 1.82) is 0 Å². The molecule has 2 N–H and O–H groups in total. The Labute approximate surface area is 155 Å². The maximum absolute atomic E-state index is 12.1. The Bertz CT molecular complexity index is 902. The van der Waals surface area contributed by atoms with Crippen molar-refractivity contribution in [3.8, 4) is 5.75 Å². The normalized spacial score (nSPS) is 11.9. The van der Waals surface area contributed by atoms with E-state index in [9.17, 15) is 9.59 Å². The molecule has 0 spiro atoms. The first-order valence-electron chi connectivity index (χ1n) is 8.34. The Balaban J connectivity index is 1.61. The largest absolute Gasteiger partial charge is 0.490 e. The Hall–Kier alpha value is -2.80. The molecule has 0 aliphatic heterocycles. The molecule has 26 heavy (non-hydrogen) atoms. The Morgan fingerprint density at radius 3 is 2.85 bits per heavy atom. The van der Waals surface area contributed by atoms with Crippen molar-refractivity contribution in [3.63, 3.8) is 0 Å². The van der Waals surface area contributed by atoms with E-state index in [1.54, 1.807) is 12.1 Å². The standard InChI is InChI=1S/C19H20N2O4S/c1-3-24-14-7-4-6-13-10-15(25-18(13)14)12(2)21-17(22)11-20-19(23)16-8-5-9-26-16/h4-10,12H,3,11H2,1-2H3,(H,20,23)(H,21,22). The summed E-state index contributed by atoms with van der Waals surface area (Å²) < 4.78 is 11.4. The van der Waals surface area contributed by atoms with Gasteiger partial charge >= 0.3 is 0 Å². The van der Waals surface area contributed by atoms with Crippen molar-refractivity contribution < 1.29 is 18.7 Å². The first-order chi connectivity index (χ1) is 12.6. The van der Waals surface area contributed by atoms with Gasteiger partial charge < -0.3 is 19.8 Å². The third-order valence-electron chi connectivity index (χ3n) is 3.79. The van der Waals surface area contributed by atoms with Gasteiger partial charge in [-0.05, 0) is 37.4 Å². The quantitative estimate of drug-likeness (QED) is 0.665. The molecule has 0 radical (unpaired) electrons. The highest BCUT2D eigenvalue weighted by Gasteiger charge is 2.17. The predicted octanol–water partition coefficient (Wildman–Crippen LogP) is 3.50. The van der Waals surface area contributed by atoms with E-state index < -0.39 is 0 Å². The fraction of sp³-hybridized carbons (Fsp3) is 0.263. The smallest absolute Gasteiger partial charge is 0.261 e. The number of rotatable bonds is 7. The number of furan rings is 1. The summed E-state index contributed by atoms with van der Waals surface area (Å²) in [4.78, 5) is 24.5. The average Bonchev–Trinajstić information content (AvgIpc) is 3.30. The summed E-state index contributed by atoms with van der Waals surface area (Å²) in [5, 5.41) is 8.16. The molecule has 0 fully saturated rings. The van der Waals surface area contributed by atoms with Crippen LogP contribution in [0.1, 0.15) is 35.3 Å². The summed E-state index contributed by atoms with van der Waals surface area (Å²) in [5.41, 5.74) is 0.663. The Kier molecular flexibility index (Phi) is 5.58. The number of para-hydroxylation sites is 1. The number of hydrogen-bond acceptors (Lipinski definition) is 5. The van der Waals surface area contributed by atoms with E-state index in [4.69, 9.17) is 9.15 Å². The van der Waals surface area contributed by atoms with E-state index in [1.165, 1.54) is 11.3 Å². The number of carbonyl (C=O) groups excluding carboxylic acids is 2. The number of carbonyl (C=O) groups is 2. The first-order valence-corrected chi connectivity index (χ1v) is 9.22. The minimum Gasteiger partial charge on any atom is -0.490 e. The van der Waals surface area contributed by atoms with Crippen LogP contribution in [0.2, 0.25) is 0 Å². The van der Waals surface area contributed by atoms with Crippen LogP contribution in [0.4, 0.5) is 0 Å². The van der Waals surface area contributed by atoms with Gasteiger partial charge in [0.15, 0.2) is 11.3 Å². The van der Waals surface area contributed by atoms with Crippen LogP contribution < -0.4 is 15.4 Å². The van der Waals surface area contributed by atoms with Crippen LogP contribution in [0.3, 0.4) is 0 Å². The molecule has 6 nitrogen and oxygen atoms in total. The van der Waals surface area contributed by atoms with Crippen molar-refractivity contribution in [2.75, 3.05) is 13.2 Å². The van der Waals surface area contributed by atoms with Gasteiger partial charge in [-0.2, -0.15) is 0 Å². The summed E-state index contributed by atoms with van der Waals surface area (Å²) in [5.74, 6) is 0.767. The first kappa shape index (κ1) is 18.0. The molecule has 0 aliphatic carbocycles. The summed E-state index contributed by atoms with van der Waals surface area (Å²) in [7, 11) is 0. The number of thiophene rings is 1. The lowest BCUT2D eigenvalue weighted by atomic mass is 10.2. The maximum atomic E-state index is 12.1. The average molecular weight is 372 g/mol. The zero-order valence-electron chi connectivity index (χ0n) is 14.6. The van der Waals surface area contributed by atoms with Gasteiger partial charge in [0.1, 0.15) is 5.76 Å². The summed E-state index contributed by atoms with van der Waals surface area (Å²) in [6.45, 7) is 4.20. The molecule has 3 aromatic rings. The Morgan fingerprint density at radius 2 is 2.12 bits per heavy atom. The molecule has 0 bridgehead atoms. The van der Waals surface area contributed by atoms with Gasteiger partial charge in [-0.25, -0.2) is 0 Å². The lowest BCUT2D eigenvalue weighted by Crippen LogP contribution is -2.37. The summed E-state index contributed by atoms with van der Waals surface area (Å²) in [6, 6.07) is 10.7. The van der Waals surface area contributed by atoms with Gasteiger partial charge in [0.25, 0.3) is 5.91 Å². The monoisotopic (exact) mass is 372 g/mol. The van der Waals surface area contributed by atoms with Gasteiger partial charge in [0, 0.05) is 5.39 Å². The molecule has 7 heteroatoms. The van der Waals surface area contributed by atoms with Gasteiger partial charge in [-0.1, -0.05) is 18.2 Å². The SMILES string of the molecule is CCOc1cccc2cc(C(C)NC(=O)CNC(=O)c3cccs3)oc12. The number of hydrogen-bond donors (Lipinski definition) is 2. The molecule has 0 aliphatic rings. The van der Waals surface area contributed by atoms with Crippen LogP contribution in [-0.4, -0.2) is 25.0 Å².